The lowest BCUT2D eigenvalue weighted by Gasteiger charge is -2.35. The number of hydrogen-bond donors (Lipinski definition) is 1. The van der Waals surface area contributed by atoms with Gasteiger partial charge in [-0.25, -0.2) is 0 Å². The number of nitrogens with one attached hydrogen (secondary N) is 1. The second-order valence-corrected chi connectivity index (χ2v) is 9.90. The van der Waals surface area contributed by atoms with Gasteiger partial charge in [0.2, 0.25) is 11.9 Å². The number of carbonyl (C=O) groups excluding carboxylic acids is 1. The highest BCUT2D eigenvalue weighted by Crippen LogP contribution is 2.29. The van der Waals surface area contributed by atoms with E-state index >= 15 is 0 Å². The van der Waals surface area contributed by atoms with E-state index in [0.717, 1.165) is 46.8 Å². The van der Waals surface area contributed by atoms with E-state index in [2.05, 4.69) is 38.8 Å². The van der Waals surface area contributed by atoms with E-state index in [9.17, 15) is 4.79 Å². The summed E-state index contributed by atoms with van der Waals surface area (Å²) in [6.07, 6.45) is 2.90. The number of rotatable bonds is 7. The van der Waals surface area contributed by atoms with Crippen molar-refractivity contribution in [2.24, 2.45) is 11.8 Å². The molecule has 1 N–H and O–H groups in total. The molecule has 32 heavy (non-hydrogen) atoms. The van der Waals surface area contributed by atoms with Gasteiger partial charge in [-0.2, -0.15) is 0 Å². The summed E-state index contributed by atoms with van der Waals surface area (Å²) in [4.78, 5) is 15.0. The number of furan rings is 1. The monoisotopic (exact) mass is 453 g/mol. The fourth-order valence-corrected chi connectivity index (χ4v) is 5.06. The fourth-order valence-electron chi connectivity index (χ4n) is 4.33. The number of thioether (sulfide) groups is 1. The molecule has 170 valence electrons. The van der Waals surface area contributed by atoms with Gasteiger partial charge in [0.05, 0.1) is 18.6 Å². The number of carbonyl (C=O) groups is 1. The highest BCUT2D eigenvalue weighted by Gasteiger charge is 2.27. The molecule has 4 rings (SSSR count). The second-order valence-electron chi connectivity index (χ2n) is 8.95. The smallest absolute Gasteiger partial charge is 0.234 e. The van der Waals surface area contributed by atoms with Gasteiger partial charge < -0.3 is 14.6 Å². The predicted octanol–water partition coefficient (Wildman–Crippen LogP) is 4.75. The quantitative estimate of drug-likeness (QED) is 0.520. The van der Waals surface area contributed by atoms with Gasteiger partial charge in [0.25, 0.3) is 0 Å². The highest BCUT2D eigenvalue weighted by atomic mass is 32.2. The lowest BCUT2D eigenvalue weighted by atomic mass is 9.92. The molecule has 0 saturated carbocycles. The van der Waals surface area contributed by atoms with Crippen LogP contribution in [0.1, 0.15) is 37.2 Å². The maximum absolute atomic E-state index is 12.7. The van der Waals surface area contributed by atoms with Gasteiger partial charge in [0.15, 0.2) is 5.16 Å². The third-order valence-electron chi connectivity index (χ3n) is 5.74. The number of anilines is 2. The molecule has 2 unspecified atom stereocenters. The maximum atomic E-state index is 12.7. The number of piperidine rings is 1. The van der Waals surface area contributed by atoms with E-state index in [1.54, 1.807) is 6.26 Å². The van der Waals surface area contributed by atoms with Gasteiger partial charge in [-0.3, -0.25) is 9.36 Å². The van der Waals surface area contributed by atoms with Gasteiger partial charge in [-0.05, 0) is 61.4 Å². The second kappa shape index (κ2) is 9.81. The first-order valence-corrected chi connectivity index (χ1v) is 12.1. The van der Waals surface area contributed by atoms with Crippen molar-refractivity contribution in [1.29, 1.82) is 0 Å². The normalized spacial score (nSPS) is 18.7. The number of benzene rings is 1. The Hall–Kier alpha value is -2.74. The summed E-state index contributed by atoms with van der Waals surface area (Å²) >= 11 is 1.40. The Labute approximate surface area is 193 Å². The topological polar surface area (TPSA) is 76.2 Å². The highest BCUT2D eigenvalue weighted by molar-refractivity contribution is 7.99. The van der Waals surface area contributed by atoms with Gasteiger partial charge in [-0.15, -0.1) is 10.2 Å². The minimum absolute atomic E-state index is 0.0574. The minimum Gasteiger partial charge on any atom is -0.467 e. The van der Waals surface area contributed by atoms with Crippen LogP contribution in [0.5, 0.6) is 0 Å². The maximum Gasteiger partial charge on any atom is 0.234 e. The minimum atomic E-state index is -0.0574. The summed E-state index contributed by atoms with van der Waals surface area (Å²) in [5, 5.41) is 12.7. The number of aromatic nitrogens is 3. The molecular formula is C24H31N5O2S. The molecule has 3 heterocycles. The molecule has 1 amide bonds. The average Bonchev–Trinajstić information content (AvgIpc) is 3.39. The number of amides is 1. The van der Waals surface area contributed by atoms with E-state index in [1.165, 1.54) is 18.2 Å². The molecular weight excluding hydrogens is 422 g/mol. The molecule has 1 fully saturated rings. The average molecular weight is 454 g/mol. The van der Waals surface area contributed by atoms with Crippen LogP contribution in [0.4, 0.5) is 11.6 Å². The number of aryl methyl sites for hydroxylation is 2. The zero-order chi connectivity index (χ0) is 22.7. The zero-order valence-corrected chi connectivity index (χ0v) is 20.0. The first-order chi connectivity index (χ1) is 15.4. The van der Waals surface area contributed by atoms with Gasteiger partial charge in [0.1, 0.15) is 5.76 Å². The Morgan fingerprint density at radius 2 is 1.97 bits per heavy atom. The first-order valence-electron chi connectivity index (χ1n) is 11.1. The van der Waals surface area contributed by atoms with Crippen LogP contribution in [0.15, 0.2) is 46.2 Å². The third kappa shape index (κ3) is 5.35. The van der Waals surface area contributed by atoms with Gasteiger partial charge >= 0.3 is 0 Å². The Morgan fingerprint density at radius 3 is 2.69 bits per heavy atom. The number of nitrogens with zero attached hydrogens (tertiary/aromatic N) is 4. The summed E-state index contributed by atoms with van der Waals surface area (Å²) in [5.41, 5.74) is 3.02. The van der Waals surface area contributed by atoms with Gasteiger partial charge in [0, 0.05) is 18.8 Å². The van der Waals surface area contributed by atoms with Crippen molar-refractivity contribution >= 4 is 29.3 Å². The molecule has 8 heteroatoms. The van der Waals surface area contributed by atoms with E-state index in [4.69, 9.17) is 4.42 Å². The predicted molar refractivity (Wildman–Crippen MR) is 128 cm³/mol. The Bertz CT molecular complexity index is 1050. The summed E-state index contributed by atoms with van der Waals surface area (Å²) in [6, 6.07) is 9.89. The summed E-state index contributed by atoms with van der Waals surface area (Å²) < 4.78 is 7.66. The molecule has 0 radical (unpaired) electrons. The molecule has 2 atom stereocenters. The van der Waals surface area contributed by atoms with E-state index in [-0.39, 0.29) is 11.7 Å². The SMILES string of the molecule is Cc1ccc(C)c(NC(=O)CSc2nnc(N3CC(C)CC(C)C3)n2Cc2ccco2)c1. The zero-order valence-electron chi connectivity index (χ0n) is 19.2. The van der Waals surface area contributed by atoms with Gasteiger partial charge in [-0.1, -0.05) is 37.7 Å². The molecule has 2 aromatic heterocycles. The van der Waals surface area contributed by atoms with Crippen LogP contribution in [0.3, 0.4) is 0 Å². The Kier molecular flexibility index (Phi) is 6.89. The van der Waals surface area contributed by atoms with E-state index in [0.29, 0.717) is 18.4 Å². The van der Waals surface area contributed by atoms with Crippen molar-refractivity contribution in [1.82, 2.24) is 14.8 Å². The third-order valence-corrected chi connectivity index (χ3v) is 6.71. The van der Waals surface area contributed by atoms with Crippen LogP contribution < -0.4 is 10.2 Å². The number of hydrogen-bond acceptors (Lipinski definition) is 6. The fraction of sp³-hybridized carbons (Fsp3) is 0.458. The molecule has 0 spiro atoms. The first kappa shape index (κ1) is 22.5. The molecule has 1 aliphatic rings. The van der Waals surface area contributed by atoms with Crippen LogP contribution in [-0.2, 0) is 11.3 Å². The molecule has 3 aromatic rings. The van der Waals surface area contributed by atoms with Crippen molar-refractivity contribution in [2.75, 3.05) is 29.1 Å². The van der Waals surface area contributed by atoms with Crippen LogP contribution in [0.2, 0.25) is 0 Å². The van der Waals surface area contributed by atoms with Crippen LogP contribution in [0.25, 0.3) is 0 Å². The van der Waals surface area contributed by atoms with Crippen molar-refractivity contribution in [3.05, 3.63) is 53.5 Å². The summed E-state index contributed by atoms with van der Waals surface area (Å²) in [7, 11) is 0. The molecule has 1 aliphatic heterocycles. The molecule has 0 bridgehead atoms. The van der Waals surface area contributed by atoms with Crippen molar-refractivity contribution in [2.45, 2.75) is 45.8 Å². The Morgan fingerprint density at radius 1 is 1.19 bits per heavy atom. The van der Waals surface area contributed by atoms with Crippen LogP contribution in [0, 0.1) is 25.7 Å². The van der Waals surface area contributed by atoms with Crippen molar-refractivity contribution in [3.8, 4) is 0 Å². The molecule has 1 aromatic carbocycles. The van der Waals surface area contributed by atoms with Crippen molar-refractivity contribution in [3.63, 3.8) is 0 Å². The summed E-state index contributed by atoms with van der Waals surface area (Å²) in [5.74, 6) is 3.09. The molecule has 0 aliphatic carbocycles. The largest absolute Gasteiger partial charge is 0.467 e. The summed E-state index contributed by atoms with van der Waals surface area (Å²) in [6.45, 7) is 11.0. The lowest BCUT2D eigenvalue weighted by molar-refractivity contribution is -0.113. The Balaban J connectivity index is 1.50. The standard InChI is InChI=1S/C24H31N5O2S/c1-16-7-8-19(4)21(11-16)25-22(30)15-32-24-27-26-23(28-12-17(2)10-18(3)13-28)29(24)14-20-6-5-9-31-20/h5-9,11,17-18H,10,12-15H2,1-4H3,(H,25,30). The van der Waals surface area contributed by atoms with Crippen LogP contribution in [-0.4, -0.2) is 39.5 Å². The van der Waals surface area contributed by atoms with E-state index < -0.39 is 0 Å². The van der Waals surface area contributed by atoms with Crippen molar-refractivity contribution < 1.29 is 9.21 Å². The van der Waals surface area contributed by atoms with E-state index in [1.807, 2.05) is 44.2 Å². The lowest BCUT2D eigenvalue weighted by Crippen LogP contribution is -2.40. The molecule has 1 saturated heterocycles. The van der Waals surface area contributed by atoms with Crippen LogP contribution >= 0.6 is 11.8 Å². The molecule has 7 nitrogen and oxygen atoms in total.